The lowest BCUT2D eigenvalue weighted by Gasteiger charge is -2.03. The Bertz CT molecular complexity index is 1050. The van der Waals surface area contributed by atoms with Crippen LogP contribution in [0.2, 0.25) is 0 Å². The standard InChI is InChI=1S/C16H10N4O3/c21-15(11-5-6-12-10(9-11)7-8-17-12)16(22)23-20-14-4-2-1-3-13(14)18-19-20/h1-9,17H. The molecule has 112 valence electrons. The average molecular weight is 306 g/mol. The Labute approximate surface area is 129 Å². The highest BCUT2D eigenvalue weighted by atomic mass is 16.7. The Morgan fingerprint density at radius 3 is 2.87 bits per heavy atom. The molecule has 0 fully saturated rings. The molecule has 7 heteroatoms. The van der Waals surface area contributed by atoms with Gasteiger partial charge in [0.2, 0.25) is 0 Å². The number of Topliss-reactive ketones (excluding diaryl/α,β-unsaturated/α-hetero) is 1. The summed E-state index contributed by atoms with van der Waals surface area (Å²) in [7, 11) is 0. The van der Waals surface area contributed by atoms with Gasteiger partial charge in [-0.1, -0.05) is 17.0 Å². The number of carbonyl (C=O) groups excluding carboxylic acids is 2. The molecule has 2 aromatic heterocycles. The van der Waals surface area contributed by atoms with Gasteiger partial charge in [-0.2, -0.15) is 0 Å². The number of nitrogens with zero attached hydrogens (tertiary/aromatic N) is 3. The molecule has 0 aliphatic heterocycles. The molecule has 0 amide bonds. The maximum absolute atomic E-state index is 12.2. The van der Waals surface area contributed by atoms with Crippen LogP contribution in [-0.2, 0) is 4.79 Å². The molecule has 7 nitrogen and oxygen atoms in total. The van der Waals surface area contributed by atoms with E-state index in [1.807, 2.05) is 6.07 Å². The molecular weight excluding hydrogens is 296 g/mol. The molecule has 0 saturated heterocycles. The fourth-order valence-electron chi connectivity index (χ4n) is 2.35. The van der Waals surface area contributed by atoms with E-state index in [9.17, 15) is 9.59 Å². The van der Waals surface area contributed by atoms with Crippen LogP contribution >= 0.6 is 0 Å². The number of rotatable bonds is 3. The molecular formula is C16H10N4O3. The van der Waals surface area contributed by atoms with Crippen LogP contribution in [0.1, 0.15) is 10.4 Å². The first-order valence-corrected chi connectivity index (χ1v) is 6.87. The summed E-state index contributed by atoms with van der Waals surface area (Å²) < 4.78 is 0. The molecule has 0 aliphatic carbocycles. The quantitative estimate of drug-likeness (QED) is 0.354. The zero-order valence-corrected chi connectivity index (χ0v) is 11.8. The lowest BCUT2D eigenvalue weighted by atomic mass is 10.1. The number of aromatic nitrogens is 4. The number of ketones is 1. The van der Waals surface area contributed by atoms with E-state index in [1.165, 1.54) is 0 Å². The van der Waals surface area contributed by atoms with E-state index < -0.39 is 11.8 Å². The minimum absolute atomic E-state index is 0.256. The van der Waals surface area contributed by atoms with Crippen molar-refractivity contribution >= 4 is 33.7 Å². The number of carbonyl (C=O) groups is 2. The molecule has 0 unspecified atom stereocenters. The maximum Gasteiger partial charge on any atom is 0.405 e. The second kappa shape index (κ2) is 5.06. The number of nitrogens with one attached hydrogen (secondary N) is 1. The first-order valence-electron chi connectivity index (χ1n) is 6.87. The van der Waals surface area contributed by atoms with Crippen molar-refractivity contribution in [2.24, 2.45) is 0 Å². The molecule has 4 aromatic rings. The lowest BCUT2D eigenvalue weighted by molar-refractivity contribution is -0.139. The van der Waals surface area contributed by atoms with E-state index in [4.69, 9.17) is 4.84 Å². The van der Waals surface area contributed by atoms with Crippen LogP contribution in [0.15, 0.2) is 54.7 Å². The summed E-state index contributed by atoms with van der Waals surface area (Å²) in [6.45, 7) is 0. The van der Waals surface area contributed by atoms with Crippen molar-refractivity contribution < 1.29 is 14.4 Å². The summed E-state index contributed by atoms with van der Waals surface area (Å²) in [5.41, 5.74) is 2.22. The number of hydrogen-bond acceptors (Lipinski definition) is 5. The molecule has 0 atom stereocenters. The van der Waals surface area contributed by atoms with Gasteiger partial charge in [0.15, 0.2) is 0 Å². The van der Waals surface area contributed by atoms with Crippen molar-refractivity contribution in [1.29, 1.82) is 0 Å². The average Bonchev–Trinajstić information content (AvgIpc) is 3.20. The van der Waals surface area contributed by atoms with Gasteiger partial charge in [-0.25, -0.2) is 4.79 Å². The number of fused-ring (bicyclic) bond motifs is 2. The van der Waals surface area contributed by atoms with Crippen LogP contribution in [0.5, 0.6) is 0 Å². The van der Waals surface area contributed by atoms with Crippen molar-refractivity contribution in [2.45, 2.75) is 0 Å². The van der Waals surface area contributed by atoms with Crippen LogP contribution in [-0.4, -0.2) is 31.9 Å². The van der Waals surface area contributed by atoms with Crippen LogP contribution in [0.3, 0.4) is 0 Å². The van der Waals surface area contributed by atoms with E-state index in [2.05, 4.69) is 15.3 Å². The van der Waals surface area contributed by atoms with Crippen LogP contribution < -0.4 is 4.84 Å². The van der Waals surface area contributed by atoms with Gasteiger partial charge in [-0.05, 0) is 41.6 Å². The Hall–Kier alpha value is -3.48. The third kappa shape index (κ3) is 2.24. The van der Waals surface area contributed by atoms with Gasteiger partial charge < -0.3 is 9.82 Å². The minimum Gasteiger partial charge on any atom is -0.361 e. The van der Waals surface area contributed by atoms with Gasteiger partial charge in [0.05, 0.1) is 0 Å². The van der Waals surface area contributed by atoms with Crippen molar-refractivity contribution in [3.63, 3.8) is 0 Å². The smallest absolute Gasteiger partial charge is 0.361 e. The van der Waals surface area contributed by atoms with Crippen LogP contribution in [0.4, 0.5) is 0 Å². The van der Waals surface area contributed by atoms with E-state index in [1.54, 1.807) is 48.7 Å². The largest absolute Gasteiger partial charge is 0.405 e. The molecule has 4 rings (SSSR count). The maximum atomic E-state index is 12.2. The molecule has 1 N–H and O–H groups in total. The lowest BCUT2D eigenvalue weighted by Crippen LogP contribution is -2.28. The second-order valence-electron chi connectivity index (χ2n) is 4.94. The molecule has 0 radical (unpaired) electrons. The van der Waals surface area contributed by atoms with Gasteiger partial charge in [-0.15, -0.1) is 5.10 Å². The zero-order valence-electron chi connectivity index (χ0n) is 11.8. The first-order chi connectivity index (χ1) is 11.2. The Morgan fingerprint density at radius 1 is 1.09 bits per heavy atom. The summed E-state index contributed by atoms with van der Waals surface area (Å²) in [6.07, 6.45) is 1.76. The van der Waals surface area contributed by atoms with E-state index in [-0.39, 0.29) is 5.56 Å². The number of para-hydroxylation sites is 1. The van der Waals surface area contributed by atoms with Crippen molar-refractivity contribution in [1.82, 2.24) is 20.1 Å². The fourth-order valence-corrected chi connectivity index (χ4v) is 2.35. The van der Waals surface area contributed by atoms with E-state index in [0.717, 1.165) is 15.7 Å². The second-order valence-corrected chi connectivity index (χ2v) is 4.94. The number of hydrogen-bond donors (Lipinski definition) is 1. The molecule has 0 bridgehead atoms. The van der Waals surface area contributed by atoms with Gasteiger partial charge in [0.25, 0.3) is 5.78 Å². The van der Waals surface area contributed by atoms with E-state index >= 15 is 0 Å². The molecule has 2 heterocycles. The number of aromatic amines is 1. The summed E-state index contributed by atoms with van der Waals surface area (Å²) in [4.78, 5) is 33.3. The summed E-state index contributed by atoms with van der Waals surface area (Å²) in [5, 5.41) is 8.42. The Morgan fingerprint density at radius 2 is 1.96 bits per heavy atom. The summed E-state index contributed by atoms with van der Waals surface area (Å²) >= 11 is 0. The monoisotopic (exact) mass is 306 g/mol. The van der Waals surface area contributed by atoms with Gasteiger partial charge in [0.1, 0.15) is 11.0 Å². The predicted molar refractivity (Wildman–Crippen MR) is 81.7 cm³/mol. The molecule has 0 saturated carbocycles. The van der Waals surface area contributed by atoms with Gasteiger partial charge >= 0.3 is 5.97 Å². The van der Waals surface area contributed by atoms with Crippen molar-refractivity contribution in [3.8, 4) is 0 Å². The molecule has 23 heavy (non-hydrogen) atoms. The Balaban J connectivity index is 1.62. The third-order valence-electron chi connectivity index (χ3n) is 3.49. The highest BCUT2D eigenvalue weighted by molar-refractivity contribution is 6.41. The molecule has 2 aromatic carbocycles. The van der Waals surface area contributed by atoms with E-state index in [0.29, 0.717) is 11.0 Å². The number of H-pyrrole nitrogens is 1. The first kappa shape index (κ1) is 13.2. The van der Waals surface area contributed by atoms with Crippen LogP contribution in [0.25, 0.3) is 21.9 Å². The number of benzene rings is 2. The zero-order chi connectivity index (χ0) is 15.8. The summed E-state index contributed by atoms with van der Waals surface area (Å²) in [6, 6.07) is 13.7. The van der Waals surface area contributed by atoms with Crippen molar-refractivity contribution in [3.05, 3.63) is 60.3 Å². The van der Waals surface area contributed by atoms with Gasteiger partial charge in [0, 0.05) is 22.7 Å². The summed E-state index contributed by atoms with van der Waals surface area (Å²) in [5.74, 6) is -1.76. The predicted octanol–water partition coefficient (Wildman–Crippen LogP) is 1.75. The topological polar surface area (TPSA) is 89.9 Å². The SMILES string of the molecule is O=C(On1nnc2ccccc21)C(=O)c1ccc2[nH]ccc2c1. The third-order valence-corrected chi connectivity index (χ3v) is 3.49. The van der Waals surface area contributed by atoms with Crippen molar-refractivity contribution in [2.75, 3.05) is 0 Å². The fraction of sp³-hybridized carbons (Fsp3) is 0. The normalized spacial score (nSPS) is 11.0. The highest BCUT2D eigenvalue weighted by Crippen LogP contribution is 2.15. The van der Waals surface area contributed by atoms with Gasteiger partial charge in [-0.3, -0.25) is 4.79 Å². The Kier molecular flexibility index (Phi) is 2.90. The van der Waals surface area contributed by atoms with Crippen LogP contribution in [0, 0.1) is 0 Å². The molecule has 0 spiro atoms. The molecule has 0 aliphatic rings. The highest BCUT2D eigenvalue weighted by Gasteiger charge is 2.21. The minimum atomic E-state index is -1.02.